The summed E-state index contributed by atoms with van der Waals surface area (Å²) < 4.78 is 0. The van der Waals surface area contributed by atoms with Crippen molar-refractivity contribution in [3.05, 3.63) is 70.2 Å². The second-order valence-electron chi connectivity index (χ2n) is 5.65. The van der Waals surface area contributed by atoms with E-state index in [2.05, 4.69) is 12.1 Å². The summed E-state index contributed by atoms with van der Waals surface area (Å²) in [5, 5.41) is 10.1. The van der Waals surface area contributed by atoms with Crippen LogP contribution in [0.1, 0.15) is 33.2 Å². The summed E-state index contributed by atoms with van der Waals surface area (Å²) in [5.74, 6) is 0.868. The van der Waals surface area contributed by atoms with Crippen LogP contribution in [0.3, 0.4) is 0 Å². The number of carbonyl (C=O) groups excluding carboxylic acids is 1. The third kappa shape index (κ3) is 3.75. The Hall–Kier alpha value is -1.96. The van der Waals surface area contributed by atoms with Crippen molar-refractivity contribution >= 4 is 29.3 Å². The van der Waals surface area contributed by atoms with Crippen LogP contribution in [-0.2, 0) is 0 Å². The van der Waals surface area contributed by atoms with E-state index in [0.717, 1.165) is 22.8 Å². The molecule has 5 heteroatoms. The average molecular weight is 357 g/mol. The van der Waals surface area contributed by atoms with E-state index < -0.39 is 0 Å². The smallest absolute Gasteiger partial charge is 0.253 e. The molecule has 2 aromatic rings. The molecule has 1 atom stereocenters. The SMILES string of the molecule is N#Cc1cccc(C(=O)N2CCS[C@H](c3ccccc3Cl)CC2)c1. The highest BCUT2D eigenvalue weighted by molar-refractivity contribution is 7.99. The first-order chi connectivity index (χ1) is 11.7. The van der Waals surface area contributed by atoms with Gasteiger partial charge in [0.25, 0.3) is 5.91 Å². The zero-order valence-corrected chi connectivity index (χ0v) is 14.7. The first-order valence-electron chi connectivity index (χ1n) is 7.84. The molecule has 0 bridgehead atoms. The van der Waals surface area contributed by atoms with Gasteiger partial charge in [0.15, 0.2) is 0 Å². The fourth-order valence-corrected chi connectivity index (χ4v) is 4.46. The summed E-state index contributed by atoms with van der Waals surface area (Å²) in [6.07, 6.45) is 0.873. The zero-order valence-electron chi connectivity index (χ0n) is 13.1. The Morgan fingerprint density at radius 1 is 1.21 bits per heavy atom. The van der Waals surface area contributed by atoms with Crippen LogP contribution >= 0.6 is 23.4 Å². The van der Waals surface area contributed by atoms with E-state index in [4.69, 9.17) is 16.9 Å². The van der Waals surface area contributed by atoms with Gasteiger partial charge in [0.1, 0.15) is 0 Å². The van der Waals surface area contributed by atoms with Gasteiger partial charge in [0, 0.05) is 34.7 Å². The van der Waals surface area contributed by atoms with E-state index in [0.29, 0.717) is 29.5 Å². The first-order valence-corrected chi connectivity index (χ1v) is 9.27. The largest absolute Gasteiger partial charge is 0.338 e. The minimum Gasteiger partial charge on any atom is -0.338 e. The Morgan fingerprint density at radius 3 is 2.83 bits per heavy atom. The zero-order chi connectivity index (χ0) is 16.9. The molecule has 1 saturated heterocycles. The second-order valence-corrected chi connectivity index (χ2v) is 7.37. The van der Waals surface area contributed by atoms with Gasteiger partial charge in [-0.05, 0) is 36.2 Å². The molecule has 0 aromatic heterocycles. The molecular weight excluding hydrogens is 340 g/mol. The van der Waals surface area contributed by atoms with Crippen molar-refractivity contribution in [3.8, 4) is 6.07 Å². The Kier molecular flexibility index (Phi) is 5.44. The van der Waals surface area contributed by atoms with Crippen LogP contribution in [0.15, 0.2) is 48.5 Å². The minimum absolute atomic E-state index is 0.00694. The van der Waals surface area contributed by atoms with E-state index in [9.17, 15) is 4.79 Å². The molecule has 0 spiro atoms. The summed E-state index contributed by atoms with van der Waals surface area (Å²) in [6, 6.07) is 16.9. The van der Waals surface area contributed by atoms with E-state index in [-0.39, 0.29) is 5.91 Å². The minimum atomic E-state index is -0.00694. The van der Waals surface area contributed by atoms with Crippen molar-refractivity contribution in [3.63, 3.8) is 0 Å². The van der Waals surface area contributed by atoms with Crippen LogP contribution < -0.4 is 0 Å². The molecule has 1 aliphatic heterocycles. The molecule has 122 valence electrons. The normalized spacial score (nSPS) is 17.8. The standard InChI is InChI=1S/C19H17ClN2OS/c20-17-7-2-1-6-16(17)18-8-9-22(10-11-24-18)19(23)15-5-3-4-14(12-15)13-21/h1-7,12,18H,8-11H2/t18-/m0/s1. The molecule has 0 N–H and O–H groups in total. The third-order valence-electron chi connectivity index (χ3n) is 4.12. The summed E-state index contributed by atoms with van der Waals surface area (Å²) in [4.78, 5) is 14.6. The Labute approximate surface area is 151 Å². The predicted molar refractivity (Wildman–Crippen MR) is 98.3 cm³/mol. The van der Waals surface area contributed by atoms with E-state index in [1.807, 2.05) is 34.9 Å². The molecule has 3 rings (SSSR count). The van der Waals surface area contributed by atoms with E-state index in [1.54, 1.807) is 24.3 Å². The van der Waals surface area contributed by atoms with Crippen LogP contribution in [0, 0.1) is 11.3 Å². The quantitative estimate of drug-likeness (QED) is 0.793. The molecule has 24 heavy (non-hydrogen) atoms. The van der Waals surface area contributed by atoms with Crippen molar-refractivity contribution in [2.75, 3.05) is 18.8 Å². The lowest BCUT2D eigenvalue weighted by molar-refractivity contribution is 0.0766. The van der Waals surface area contributed by atoms with Crippen LogP contribution in [-0.4, -0.2) is 29.6 Å². The maximum absolute atomic E-state index is 12.7. The third-order valence-corrected chi connectivity index (χ3v) is 5.77. The first kappa shape index (κ1) is 16.9. The Morgan fingerprint density at radius 2 is 2.04 bits per heavy atom. The summed E-state index contributed by atoms with van der Waals surface area (Å²) in [5.41, 5.74) is 2.24. The number of nitriles is 1. The number of nitrogens with zero attached hydrogens (tertiary/aromatic N) is 2. The second kappa shape index (κ2) is 7.74. The molecule has 1 aliphatic rings. The maximum Gasteiger partial charge on any atom is 0.253 e. The molecule has 0 radical (unpaired) electrons. The van der Waals surface area contributed by atoms with Crippen molar-refractivity contribution in [1.29, 1.82) is 5.26 Å². The lowest BCUT2D eigenvalue weighted by Gasteiger charge is -2.20. The fraction of sp³-hybridized carbons (Fsp3) is 0.263. The molecule has 1 heterocycles. The molecule has 2 aromatic carbocycles. The average Bonchev–Trinajstić information content (AvgIpc) is 2.87. The van der Waals surface area contributed by atoms with Crippen LogP contribution in [0.2, 0.25) is 5.02 Å². The predicted octanol–water partition coefficient (Wildman–Crippen LogP) is 4.53. The summed E-state index contributed by atoms with van der Waals surface area (Å²) in [6.45, 7) is 1.40. The van der Waals surface area contributed by atoms with Gasteiger partial charge in [-0.1, -0.05) is 35.9 Å². The highest BCUT2D eigenvalue weighted by Gasteiger charge is 2.24. The number of hydrogen-bond acceptors (Lipinski definition) is 3. The molecule has 1 amide bonds. The monoisotopic (exact) mass is 356 g/mol. The Bertz CT molecular complexity index is 787. The van der Waals surface area contributed by atoms with Crippen LogP contribution in [0.25, 0.3) is 0 Å². The van der Waals surface area contributed by atoms with Crippen molar-refractivity contribution < 1.29 is 4.79 Å². The molecule has 0 unspecified atom stereocenters. The number of carbonyl (C=O) groups is 1. The van der Waals surface area contributed by atoms with Crippen molar-refractivity contribution in [2.24, 2.45) is 0 Å². The van der Waals surface area contributed by atoms with Crippen LogP contribution in [0.5, 0.6) is 0 Å². The van der Waals surface area contributed by atoms with Crippen molar-refractivity contribution in [1.82, 2.24) is 4.90 Å². The molecular formula is C19H17ClN2OS. The number of thioether (sulfide) groups is 1. The molecule has 0 saturated carbocycles. The number of halogens is 1. The van der Waals surface area contributed by atoms with Crippen molar-refractivity contribution in [2.45, 2.75) is 11.7 Å². The topological polar surface area (TPSA) is 44.1 Å². The fourth-order valence-electron chi connectivity index (χ4n) is 2.86. The van der Waals surface area contributed by atoms with Gasteiger partial charge in [-0.25, -0.2) is 0 Å². The van der Waals surface area contributed by atoms with E-state index >= 15 is 0 Å². The van der Waals surface area contributed by atoms with Gasteiger partial charge in [0.05, 0.1) is 11.6 Å². The molecule has 0 aliphatic carbocycles. The highest BCUT2D eigenvalue weighted by atomic mass is 35.5. The van der Waals surface area contributed by atoms with E-state index in [1.165, 1.54) is 0 Å². The number of hydrogen-bond donors (Lipinski definition) is 0. The number of benzene rings is 2. The Balaban J connectivity index is 1.72. The number of rotatable bonds is 2. The lowest BCUT2D eigenvalue weighted by atomic mass is 10.1. The summed E-state index contributed by atoms with van der Waals surface area (Å²) >= 11 is 8.16. The van der Waals surface area contributed by atoms with Gasteiger partial charge in [0.2, 0.25) is 0 Å². The summed E-state index contributed by atoms with van der Waals surface area (Å²) in [7, 11) is 0. The van der Waals surface area contributed by atoms with Gasteiger partial charge in [-0.3, -0.25) is 4.79 Å². The lowest BCUT2D eigenvalue weighted by Crippen LogP contribution is -2.33. The molecule has 1 fully saturated rings. The maximum atomic E-state index is 12.7. The van der Waals surface area contributed by atoms with Gasteiger partial charge in [-0.15, -0.1) is 0 Å². The van der Waals surface area contributed by atoms with Gasteiger partial charge >= 0.3 is 0 Å². The van der Waals surface area contributed by atoms with Gasteiger partial charge < -0.3 is 4.90 Å². The number of amides is 1. The highest BCUT2D eigenvalue weighted by Crippen LogP contribution is 2.37. The van der Waals surface area contributed by atoms with Crippen LogP contribution in [0.4, 0.5) is 0 Å². The van der Waals surface area contributed by atoms with Gasteiger partial charge in [-0.2, -0.15) is 17.0 Å². The molecule has 3 nitrogen and oxygen atoms in total.